The number of amides is 4. The number of carbonyl (C=O) groups excluding carboxylic acids is 4. The highest BCUT2D eigenvalue weighted by Gasteiger charge is 2.27. The first-order valence-corrected chi connectivity index (χ1v) is 15.2. The summed E-state index contributed by atoms with van der Waals surface area (Å²) in [5.41, 5.74) is 29.6. The number of rotatable bonds is 15. The molecule has 14 nitrogen and oxygen atoms in total. The van der Waals surface area contributed by atoms with Crippen molar-refractivity contribution < 1.29 is 24.3 Å². The van der Waals surface area contributed by atoms with Crippen molar-refractivity contribution in [3.8, 4) is 5.75 Å². The largest absolute Gasteiger partial charge is 0.508 e. The van der Waals surface area contributed by atoms with E-state index in [-0.39, 0.29) is 31.2 Å². The third kappa shape index (κ3) is 18.9. The summed E-state index contributed by atoms with van der Waals surface area (Å²) >= 11 is 0. The fourth-order valence-electron chi connectivity index (χ4n) is 4.07. The van der Waals surface area contributed by atoms with Crippen LogP contribution in [0.4, 0.5) is 0 Å². The number of benzene rings is 2. The summed E-state index contributed by atoms with van der Waals surface area (Å²) in [5.74, 6) is -2.10. The average Bonchev–Trinajstić information content (AvgIpc) is 3.00. The number of phenols is 1. The van der Waals surface area contributed by atoms with Crippen LogP contribution in [0.3, 0.4) is 0 Å². The first-order valence-electron chi connectivity index (χ1n) is 15.2. The van der Waals surface area contributed by atoms with Gasteiger partial charge in [0.1, 0.15) is 17.8 Å². The van der Waals surface area contributed by atoms with Crippen LogP contribution in [0.2, 0.25) is 0 Å². The highest BCUT2D eigenvalue weighted by Crippen LogP contribution is 2.22. The van der Waals surface area contributed by atoms with Gasteiger partial charge < -0.3 is 49.7 Å². The molecule has 256 valence electrons. The number of nitrogens with zero attached hydrogens (tertiary/aromatic N) is 1. The number of hydrogen-bond acceptors (Lipinski definition) is 8. The van der Waals surface area contributed by atoms with E-state index < -0.39 is 35.7 Å². The molecule has 0 bridgehead atoms. The molecule has 4 amide bonds. The monoisotopic (exact) mass is 643 g/mol. The molecule has 0 aliphatic heterocycles. The molecular weight excluding hydrogens is 590 g/mol. The van der Waals surface area contributed by atoms with E-state index in [0.717, 1.165) is 29.7 Å². The van der Waals surface area contributed by atoms with Crippen LogP contribution in [-0.2, 0) is 25.6 Å². The zero-order valence-corrected chi connectivity index (χ0v) is 27.5. The van der Waals surface area contributed by atoms with E-state index >= 15 is 0 Å². The lowest BCUT2D eigenvalue weighted by atomic mass is 9.95. The van der Waals surface area contributed by atoms with Crippen molar-refractivity contribution in [1.82, 2.24) is 16.0 Å². The van der Waals surface area contributed by atoms with Gasteiger partial charge >= 0.3 is 0 Å². The zero-order chi connectivity index (χ0) is 35.1. The van der Waals surface area contributed by atoms with E-state index in [2.05, 4.69) is 40.0 Å². The zero-order valence-electron chi connectivity index (χ0n) is 27.5. The number of nitrogens with one attached hydrogen (secondary N) is 3. The molecule has 2 atom stereocenters. The standard InChI is InChI=1S/C21H34N6O5.C7H8.C4H11N3/c1-12-7-14(28)8-13(2)15(12)9-17(26-19(30)10-23)21(32)27-16(5-3-4-6-22)20(31)25-11-18(24)29;1-7-5-3-2-4-6-7;1-2-3-7-4(5)6/h7-8,16-17,28H,3-6,9-11,22-23H2,1-2H3,(H2,24,29)(H,25,31)(H,26,30)(H,27,32);2-6H,1H3;2-3H2,1H3,(H4,5,6,7)/t16?,17-;;/m0../s1. The van der Waals surface area contributed by atoms with Crippen LogP contribution in [-0.4, -0.2) is 73.0 Å². The minimum atomic E-state index is -1.01. The summed E-state index contributed by atoms with van der Waals surface area (Å²) in [6.45, 7) is 8.17. The van der Waals surface area contributed by atoms with Gasteiger partial charge in [0.05, 0.1) is 13.1 Å². The maximum Gasteiger partial charge on any atom is 0.243 e. The first-order chi connectivity index (χ1) is 21.7. The predicted molar refractivity (Wildman–Crippen MR) is 181 cm³/mol. The first kappa shape index (κ1) is 41.3. The number of aliphatic imine (C=N–C) groups is 1. The third-order valence-corrected chi connectivity index (χ3v) is 6.40. The van der Waals surface area contributed by atoms with Crippen molar-refractivity contribution >= 4 is 29.6 Å². The Morgan fingerprint density at radius 3 is 1.91 bits per heavy atom. The number of unbranched alkanes of at least 4 members (excludes halogenated alkanes) is 1. The van der Waals surface area contributed by atoms with E-state index in [1.54, 1.807) is 26.0 Å². The van der Waals surface area contributed by atoms with E-state index in [1.165, 1.54) is 5.56 Å². The summed E-state index contributed by atoms with van der Waals surface area (Å²) in [5, 5.41) is 17.4. The number of guanidine groups is 1. The molecule has 2 rings (SSSR count). The Labute approximate surface area is 271 Å². The number of aromatic hydroxyl groups is 1. The molecule has 0 saturated heterocycles. The Hall–Kier alpha value is -4.69. The maximum atomic E-state index is 13.1. The molecule has 0 aliphatic carbocycles. The molecular formula is C32H53N9O5. The smallest absolute Gasteiger partial charge is 0.243 e. The summed E-state index contributed by atoms with van der Waals surface area (Å²) in [7, 11) is 0. The van der Waals surface area contributed by atoms with Crippen molar-refractivity contribution in [2.24, 2.45) is 33.7 Å². The second-order valence-corrected chi connectivity index (χ2v) is 10.6. The Morgan fingerprint density at radius 2 is 1.48 bits per heavy atom. The molecule has 14 N–H and O–H groups in total. The molecule has 0 aliphatic rings. The fraction of sp³-hybridized carbons (Fsp3) is 0.469. The summed E-state index contributed by atoms with van der Waals surface area (Å²) < 4.78 is 0. The SMILES string of the molecule is CCCN=C(N)N.Cc1cc(O)cc(C)c1C[C@H](NC(=O)CN)C(=O)NC(CCCCN)C(=O)NCC(N)=O.Cc1ccccc1. The third-order valence-electron chi connectivity index (χ3n) is 6.40. The minimum Gasteiger partial charge on any atom is -0.508 e. The fourth-order valence-corrected chi connectivity index (χ4v) is 4.07. The molecule has 0 heterocycles. The minimum absolute atomic E-state index is 0.0989. The number of carbonyl (C=O) groups is 4. The van der Waals surface area contributed by atoms with Crippen molar-refractivity contribution in [3.63, 3.8) is 0 Å². The second-order valence-electron chi connectivity index (χ2n) is 10.6. The van der Waals surface area contributed by atoms with Crippen LogP contribution in [0.1, 0.15) is 54.9 Å². The van der Waals surface area contributed by atoms with Crippen LogP contribution < -0.4 is 44.6 Å². The van der Waals surface area contributed by atoms with Crippen LogP contribution >= 0.6 is 0 Å². The lowest BCUT2D eigenvalue weighted by Crippen LogP contribution is -2.55. The van der Waals surface area contributed by atoms with Crippen molar-refractivity contribution in [2.75, 3.05) is 26.2 Å². The molecule has 0 saturated carbocycles. The number of aryl methyl sites for hydroxylation is 3. The maximum absolute atomic E-state index is 13.1. The number of nitrogens with two attached hydrogens (primary N) is 5. The molecule has 0 fully saturated rings. The van der Waals surface area contributed by atoms with Gasteiger partial charge in [-0.1, -0.05) is 42.8 Å². The Balaban J connectivity index is 0.00000118. The van der Waals surface area contributed by atoms with Crippen LogP contribution in [0, 0.1) is 20.8 Å². The quantitative estimate of drug-likeness (QED) is 0.0710. The topological polar surface area (TPSA) is 267 Å². The van der Waals surface area contributed by atoms with Gasteiger partial charge in [-0.3, -0.25) is 24.2 Å². The highest BCUT2D eigenvalue weighted by molar-refractivity contribution is 5.93. The Kier molecular flexibility index (Phi) is 21.2. The predicted octanol–water partition coefficient (Wildman–Crippen LogP) is -0.125. The van der Waals surface area contributed by atoms with Gasteiger partial charge in [0.25, 0.3) is 0 Å². The molecule has 0 radical (unpaired) electrons. The molecule has 2 aromatic carbocycles. The Morgan fingerprint density at radius 1 is 0.870 bits per heavy atom. The average molecular weight is 644 g/mol. The van der Waals surface area contributed by atoms with Crippen LogP contribution in [0.15, 0.2) is 47.5 Å². The van der Waals surface area contributed by atoms with Crippen LogP contribution in [0.25, 0.3) is 0 Å². The van der Waals surface area contributed by atoms with Gasteiger partial charge in [-0.2, -0.15) is 0 Å². The molecule has 1 unspecified atom stereocenters. The Bertz CT molecular complexity index is 1230. The summed E-state index contributed by atoms with van der Waals surface area (Å²) in [6.07, 6.45) is 2.64. The molecule has 0 aromatic heterocycles. The van der Waals surface area contributed by atoms with Gasteiger partial charge in [0.2, 0.25) is 23.6 Å². The number of primary amides is 1. The van der Waals surface area contributed by atoms with Crippen molar-refractivity contribution in [2.45, 2.75) is 71.9 Å². The summed E-state index contributed by atoms with van der Waals surface area (Å²) in [4.78, 5) is 52.2. The van der Waals surface area contributed by atoms with Crippen LogP contribution in [0.5, 0.6) is 5.75 Å². The van der Waals surface area contributed by atoms with Gasteiger partial charge in [-0.15, -0.1) is 0 Å². The number of phenolic OH excluding ortho intramolecular Hbond substituents is 1. The molecule has 2 aromatic rings. The van der Waals surface area contributed by atoms with E-state index in [9.17, 15) is 24.3 Å². The van der Waals surface area contributed by atoms with E-state index in [0.29, 0.717) is 25.8 Å². The molecule has 46 heavy (non-hydrogen) atoms. The van der Waals surface area contributed by atoms with E-state index in [4.69, 9.17) is 28.7 Å². The van der Waals surface area contributed by atoms with Crippen molar-refractivity contribution in [1.29, 1.82) is 0 Å². The molecule has 14 heteroatoms. The summed E-state index contributed by atoms with van der Waals surface area (Å²) in [6, 6.07) is 11.4. The second kappa shape index (κ2) is 23.7. The van der Waals surface area contributed by atoms with Gasteiger partial charge in [0, 0.05) is 13.0 Å². The lowest BCUT2D eigenvalue weighted by Gasteiger charge is -2.24. The normalized spacial score (nSPS) is 11.3. The lowest BCUT2D eigenvalue weighted by molar-refractivity contribution is -0.132. The van der Waals surface area contributed by atoms with E-state index in [1.807, 2.05) is 25.1 Å². The molecule has 0 spiro atoms. The van der Waals surface area contributed by atoms with Gasteiger partial charge in [-0.05, 0) is 81.8 Å². The van der Waals surface area contributed by atoms with Gasteiger partial charge in [-0.25, -0.2) is 0 Å². The number of hydrogen-bond donors (Lipinski definition) is 9. The van der Waals surface area contributed by atoms with Crippen molar-refractivity contribution in [3.05, 3.63) is 64.7 Å². The van der Waals surface area contributed by atoms with Gasteiger partial charge in [0.15, 0.2) is 5.96 Å². The highest BCUT2D eigenvalue weighted by atomic mass is 16.3.